The number of piperazine rings is 1. The van der Waals surface area contributed by atoms with Gasteiger partial charge in [-0.15, -0.1) is 0 Å². The van der Waals surface area contributed by atoms with E-state index < -0.39 is 15.9 Å². The van der Waals surface area contributed by atoms with Crippen LogP contribution in [-0.2, 0) is 14.8 Å². The lowest BCUT2D eigenvalue weighted by molar-refractivity contribution is -0.120. The highest BCUT2D eigenvalue weighted by Gasteiger charge is 2.35. The van der Waals surface area contributed by atoms with Crippen molar-refractivity contribution in [3.05, 3.63) is 58.7 Å². The van der Waals surface area contributed by atoms with Gasteiger partial charge in [0, 0.05) is 50.5 Å². The standard InChI is InChI=1S/C27H36N4O4S/c1-19-16-20(2)25(21(3)17-19)36(34,35)31-11-5-6-23(18-31)26(32)28-24-9-7-22(8-10-24)27(33)30-14-12-29(4)13-15-30/h7-10,16-17,23H,5-6,11-15,18H2,1-4H3,(H,28,32)/t23-/m0/s1. The number of carbonyl (C=O) groups is 2. The van der Waals surface area contributed by atoms with Gasteiger partial charge in [-0.1, -0.05) is 17.7 Å². The molecule has 9 heteroatoms. The molecule has 2 heterocycles. The molecule has 0 spiro atoms. The van der Waals surface area contributed by atoms with Crippen LogP contribution in [0, 0.1) is 26.7 Å². The Morgan fingerprint density at radius 3 is 2.14 bits per heavy atom. The van der Waals surface area contributed by atoms with Crippen LogP contribution in [0.3, 0.4) is 0 Å². The number of benzene rings is 2. The molecule has 2 aliphatic rings. The molecule has 8 nitrogen and oxygen atoms in total. The molecule has 0 radical (unpaired) electrons. The molecule has 2 amide bonds. The molecule has 2 saturated heterocycles. The van der Waals surface area contributed by atoms with Gasteiger partial charge in [0.15, 0.2) is 0 Å². The largest absolute Gasteiger partial charge is 0.336 e. The van der Waals surface area contributed by atoms with Crippen LogP contribution in [0.25, 0.3) is 0 Å². The van der Waals surface area contributed by atoms with Crippen LogP contribution in [0.5, 0.6) is 0 Å². The molecule has 0 bridgehead atoms. The molecule has 0 unspecified atom stereocenters. The number of piperidine rings is 1. The molecular formula is C27H36N4O4S. The fourth-order valence-corrected chi connectivity index (χ4v) is 7.15. The summed E-state index contributed by atoms with van der Waals surface area (Å²) in [5.41, 5.74) is 3.67. The van der Waals surface area contributed by atoms with Gasteiger partial charge in [0.2, 0.25) is 15.9 Å². The van der Waals surface area contributed by atoms with Crippen LogP contribution >= 0.6 is 0 Å². The SMILES string of the molecule is Cc1cc(C)c(S(=O)(=O)N2CCC[C@H](C(=O)Nc3ccc(C(=O)N4CCN(C)CC4)cc3)C2)c(C)c1. The van der Waals surface area contributed by atoms with E-state index in [2.05, 4.69) is 10.2 Å². The van der Waals surface area contributed by atoms with Crippen LogP contribution in [0.15, 0.2) is 41.3 Å². The zero-order valence-corrected chi connectivity index (χ0v) is 22.4. The first kappa shape index (κ1) is 26.3. The number of amides is 2. The van der Waals surface area contributed by atoms with E-state index in [0.29, 0.717) is 48.6 Å². The van der Waals surface area contributed by atoms with E-state index in [-0.39, 0.29) is 18.4 Å². The smallest absolute Gasteiger partial charge is 0.253 e. The first-order valence-electron chi connectivity index (χ1n) is 12.5. The highest BCUT2D eigenvalue weighted by molar-refractivity contribution is 7.89. The van der Waals surface area contributed by atoms with Crippen molar-refractivity contribution >= 4 is 27.5 Å². The number of aryl methyl sites for hydroxylation is 3. The third-order valence-corrected chi connectivity index (χ3v) is 9.32. The average Bonchev–Trinajstić information content (AvgIpc) is 2.84. The zero-order valence-electron chi connectivity index (χ0n) is 21.6. The second-order valence-corrected chi connectivity index (χ2v) is 12.0. The Balaban J connectivity index is 1.40. The quantitative estimate of drug-likeness (QED) is 0.665. The van der Waals surface area contributed by atoms with E-state index in [1.54, 1.807) is 24.3 Å². The summed E-state index contributed by atoms with van der Waals surface area (Å²) < 4.78 is 28.4. The number of anilines is 1. The molecule has 2 aromatic carbocycles. The van der Waals surface area contributed by atoms with Crippen LogP contribution in [-0.4, -0.2) is 80.7 Å². The second-order valence-electron chi connectivity index (χ2n) is 10.1. The van der Waals surface area contributed by atoms with Gasteiger partial charge in [0.05, 0.1) is 10.8 Å². The van der Waals surface area contributed by atoms with Crippen molar-refractivity contribution in [2.75, 3.05) is 51.6 Å². The minimum absolute atomic E-state index is 0.00389. The predicted octanol–water partition coefficient (Wildman–Crippen LogP) is 3.04. The molecule has 2 aromatic rings. The molecule has 36 heavy (non-hydrogen) atoms. The number of nitrogens with one attached hydrogen (secondary N) is 1. The molecule has 2 fully saturated rings. The molecular weight excluding hydrogens is 476 g/mol. The summed E-state index contributed by atoms with van der Waals surface area (Å²) in [6.07, 6.45) is 1.25. The number of rotatable bonds is 5. The maximum Gasteiger partial charge on any atom is 0.253 e. The Labute approximate surface area is 214 Å². The van der Waals surface area contributed by atoms with Crippen molar-refractivity contribution in [2.45, 2.75) is 38.5 Å². The van der Waals surface area contributed by atoms with Crippen molar-refractivity contribution in [2.24, 2.45) is 5.92 Å². The molecule has 0 saturated carbocycles. The maximum absolute atomic E-state index is 13.5. The van der Waals surface area contributed by atoms with Gasteiger partial charge in [-0.3, -0.25) is 9.59 Å². The minimum Gasteiger partial charge on any atom is -0.336 e. The van der Waals surface area contributed by atoms with E-state index in [1.807, 2.05) is 44.9 Å². The summed E-state index contributed by atoms with van der Waals surface area (Å²) in [6, 6.07) is 10.7. The van der Waals surface area contributed by atoms with E-state index in [4.69, 9.17) is 0 Å². The van der Waals surface area contributed by atoms with Crippen LogP contribution < -0.4 is 5.32 Å². The Bertz CT molecular complexity index is 1210. The minimum atomic E-state index is -3.70. The van der Waals surface area contributed by atoms with E-state index in [1.165, 1.54) is 4.31 Å². The lowest BCUT2D eigenvalue weighted by Gasteiger charge is -2.32. The van der Waals surface area contributed by atoms with Crippen molar-refractivity contribution in [3.8, 4) is 0 Å². The Morgan fingerprint density at radius 2 is 1.53 bits per heavy atom. The lowest BCUT2D eigenvalue weighted by atomic mass is 9.98. The fourth-order valence-electron chi connectivity index (χ4n) is 5.21. The van der Waals surface area contributed by atoms with Crippen LogP contribution in [0.4, 0.5) is 5.69 Å². The highest BCUT2D eigenvalue weighted by Crippen LogP contribution is 2.29. The number of nitrogens with zero attached hydrogens (tertiary/aromatic N) is 3. The monoisotopic (exact) mass is 512 g/mol. The van der Waals surface area contributed by atoms with Crippen LogP contribution in [0.1, 0.15) is 39.9 Å². The fraction of sp³-hybridized carbons (Fsp3) is 0.481. The number of hydrogen-bond acceptors (Lipinski definition) is 5. The van der Waals surface area contributed by atoms with Crippen molar-refractivity contribution in [1.29, 1.82) is 0 Å². The Hall–Kier alpha value is -2.75. The number of likely N-dealkylation sites (N-methyl/N-ethyl adjacent to an activating group) is 1. The third-order valence-electron chi connectivity index (χ3n) is 7.15. The number of hydrogen-bond donors (Lipinski definition) is 1. The lowest BCUT2D eigenvalue weighted by Crippen LogP contribution is -2.47. The van der Waals surface area contributed by atoms with Crippen molar-refractivity contribution in [3.63, 3.8) is 0 Å². The van der Waals surface area contributed by atoms with Gasteiger partial charge in [-0.2, -0.15) is 4.31 Å². The van der Waals surface area contributed by atoms with E-state index in [0.717, 1.165) is 29.8 Å². The highest BCUT2D eigenvalue weighted by atomic mass is 32.2. The van der Waals surface area contributed by atoms with Crippen LogP contribution in [0.2, 0.25) is 0 Å². The Kier molecular flexibility index (Phi) is 7.82. The Morgan fingerprint density at radius 1 is 0.917 bits per heavy atom. The summed E-state index contributed by atoms with van der Waals surface area (Å²) in [6.45, 7) is 9.27. The molecule has 0 aliphatic carbocycles. The van der Waals surface area contributed by atoms with Gasteiger partial charge in [0.25, 0.3) is 5.91 Å². The van der Waals surface area contributed by atoms with Gasteiger partial charge in [-0.05, 0) is 76.1 Å². The van der Waals surface area contributed by atoms with E-state index in [9.17, 15) is 18.0 Å². The number of carbonyl (C=O) groups excluding carboxylic acids is 2. The maximum atomic E-state index is 13.5. The van der Waals surface area contributed by atoms with Gasteiger partial charge >= 0.3 is 0 Å². The van der Waals surface area contributed by atoms with Crippen molar-refractivity contribution < 1.29 is 18.0 Å². The number of sulfonamides is 1. The molecule has 194 valence electrons. The average molecular weight is 513 g/mol. The summed E-state index contributed by atoms with van der Waals surface area (Å²) in [5, 5.41) is 2.91. The molecule has 1 N–H and O–H groups in total. The third kappa shape index (κ3) is 5.63. The first-order chi connectivity index (χ1) is 17.1. The predicted molar refractivity (Wildman–Crippen MR) is 141 cm³/mol. The summed E-state index contributed by atoms with van der Waals surface area (Å²) in [7, 11) is -1.65. The van der Waals surface area contributed by atoms with Gasteiger partial charge in [0.1, 0.15) is 0 Å². The molecule has 0 aromatic heterocycles. The molecule has 1 atom stereocenters. The molecule has 4 rings (SSSR count). The second kappa shape index (κ2) is 10.7. The molecule has 2 aliphatic heterocycles. The van der Waals surface area contributed by atoms with Gasteiger partial charge < -0.3 is 15.1 Å². The summed E-state index contributed by atoms with van der Waals surface area (Å²) >= 11 is 0. The first-order valence-corrected chi connectivity index (χ1v) is 14.0. The van der Waals surface area contributed by atoms with E-state index >= 15 is 0 Å². The van der Waals surface area contributed by atoms with Crippen molar-refractivity contribution in [1.82, 2.24) is 14.1 Å². The van der Waals surface area contributed by atoms with Gasteiger partial charge in [-0.25, -0.2) is 8.42 Å². The zero-order chi connectivity index (χ0) is 26.0. The summed E-state index contributed by atoms with van der Waals surface area (Å²) in [5.74, 6) is -0.646. The topological polar surface area (TPSA) is 90.0 Å². The normalized spacial score (nSPS) is 19.8. The summed E-state index contributed by atoms with van der Waals surface area (Å²) in [4.78, 5) is 30.2.